The molecule has 0 aromatic carbocycles. The maximum atomic E-state index is 12.5. The number of ether oxygens (including phenoxy) is 4. The Morgan fingerprint density at radius 3 is 2.11 bits per heavy atom. The largest absolute Gasteiger partial charge is 0.481 e. The minimum Gasteiger partial charge on any atom is -0.481 e. The van der Waals surface area contributed by atoms with E-state index in [4.69, 9.17) is 18.9 Å². The van der Waals surface area contributed by atoms with Gasteiger partial charge in [-0.05, 0) is 86.5 Å². The van der Waals surface area contributed by atoms with E-state index in [-0.39, 0.29) is 22.7 Å². The predicted molar refractivity (Wildman–Crippen MR) is 154 cm³/mol. The van der Waals surface area contributed by atoms with Crippen molar-refractivity contribution >= 4 is 5.97 Å². The van der Waals surface area contributed by atoms with E-state index in [2.05, 4.69) is 13.5 Å². The highest BCUT2D eigenvalue weighted by atomic mass is 16.8. The van der Waals surface area contributed by atoms with E-state index in [1.165, 1.54) is 0 Å². The first-order chi connectivity index (χ1) is 21.2. The number of aliphatic carboxylic acids is 1. The number of rotatable bonds is 7. The number of carboxylic acid groups (broad SMARTS) is 1. The number of aliphatic hydroxyl groups excluding tert-OH is 7. The molecule has 6 rings (SSSR count). The van der Waals surface area contributed by atoms with Crippen LogP contribution in [0.5, 0.6) is 0 Å². The quantitative estimate of drug-likeness (QED) is 0.134. The lowest BCUT2D eigenvalue weighted by Crippen LogP contribution is -2.65. The molecule has 6 aliphatic rings. The van der Waals surface area contributed by atoms with Crippen LogP contribution in [-0.4, -0.2) is 127 Å². The molecular weight excluding hydrogens is 592 g/mol. The highest BCUT2D eigenvalue weighted by Gasteiger charge is 2.69. The Morgan fingerprint density at radius 1 is 0.844 bits per heavy atom. The zero-order valence-electron chi connectivity index (χ0n) is 26.0. The first-order valence-corrected chi connectivity index (χ1v) is 16.3. The number of hydrogen-bond donors (Lipinski definition) is 8. The molecule has 13 nitrogen and oxygen atoms in total. The van der Waals surface area contributed by atoms with Gasteiger partial charge in [0.15, 0.2) is 12.6 Å². The van der Waals surface area contributed by atoms with Crippen molar-refractivity contribution in [3.63, 3.8) is 0 Å². The maximum Gasteiger partial charge on any atom is 0.309 e. The zero-order valence-corrected chi connectivity index (χ0v) is 26.0. The van der Waals surface area contributed by atoms with Gasteiger partial charge in [0, 0.05) is 0 Å². The molecule has 256 valence electrons. The van der Waals surface area contributed by atoms with Crippen molar-refractivity contribution in [1.29, 1.82) is 0 Å². The monoisotopic (exact) mass is 642 g/mol. The molecule has 0 radical (unpaired) electrons. The molecule has 13 heteroatoms. The molecule has 8 N–H and O–H groups in total. The number of carbonyl (C=O) groups is 1. The van der Waals surface area contributed by atoms with Crippen LogP contribution >= 0.6 is 0 Å². The van der Waals surface area contributed by atoms with Gasteiger partial charge >= 0.3 is 5.97 Å². The molecule has 4 saturated carbocycles. The third-order valence-electron chi connectivity index (χ3n) is 12.9. The van der Waals surface area contributed by atoms with Crippen LogP contribution in [0.25, 0.3) is 0 Å². The molecule has 1 spiro atoms. The van der Waals surface area contributed by atoms with Gasteiger partial charge in [0.2, 0.25) is 0 Å². The van der Waals surface area contributed by atoms with Crippen molar-refractivity contribution in [2.75, 3.05) is 13.2 Å². The van der Waals surface area contributed by atoms with Gasteiger partial charge in [-0.1, -0.05) is 19.9 Å². The first kappa shape index (κ1) is 33.7. The summed E-state index contributed by atoms with van der Waals surface area (Å²) in [5.41, 5.74) is -1.10. The number of hydrogen-bond acceptors (Lipinski definition) is 12. The van der Waals surface area contributed by atoms with Gasteiger partial charge < -0.3 is 59.8 Å². The first-order valence-electron chi connectivity index (χ1n) is 16.3. The van der Waals surface area contributed by atoms with Crippen molar-refractivity contribution in [1.82, 2.24) is 0 Å². The zero-order chi connectivity index (χ0) is 32.7. The van der Waals surface area contributed by atoms with Gasteiger partial charge in [-0.2, -0.15) is 0 Å². The third-order valence-corrected chi connectivity index (χ3v) is 12.9. The average molecular weight is 643 g/mol. The molecule has 0 amide bonds. The van der Waals surface area contributed by atoms with Crippen molar-refractivity contribution in [3.05, 3.63) is 12.2 Å². The summed E-state index contributed by atoms with van der Waals surface area (Å²) in [5, 5.41) is 82.8. The fourth-order valence-electron chi connectivity index (χ4n) is 10.6. The molecule has 2 saturated heterocycles. The molecule has 16 atom stereocenters. The lowest BCUT2D eigenvalue weighted by molar-refractivity contribution is -0.378. The van der Waals surface area contributed by atoms with E-state index < -0.39 is 91.6 Å². The molecule has 12 unspecified atom stereocenters. The van der Waals surface area contributed by atoms with Crippen LogP contribution in [0.1, 0.15) is 71.6 Å². The standard InChI is InChI=1S/C32H50O13/c1-15-11-31-9-5-18-29(2,7-4-8-30(18,3)28(40)41)19(31)6-10-32(15,14-31)45-27-25(23(38)21(36)17(13-34)43-27)44-26-24(39)22(37)20(35)16(12-33)42-26/h16-27,33-39H,1,4-14H2,2-3H3,(H,40,41)/t16?,17?,18?,19?,20?,21?,22?,23?,24?,25?,26?,27?,29-,30-,31+,32-/m1/s1. The summed E-state index contributed by atoms with van der Waals surface area (Å²) in [5.74, 6) is -0.392. The summed E-state index contributed by atoms with van der Waals surface area (Å²) >= 11 is 0. The minimum absolute atomic E-state index is 0.0640. The number of aliphatic hydroxyl groups is 7. The summed E-state index contributed by atoms with van der Waals surface area (Å²) in [7, 11) is 0. The summed E-state index contributed by atoms with van der Waals surface area (Å²) in [6, 6.07) is 0. The molecule has 0 aromatic heterocycles. The van der Waals surface area contributed by atoms with E-state index >= 15 is 0 Å². The van der Waals surface area contributed by atoms with Gasteiger partial charge in [0.1, 0.15) is 48.8 Å². The Bertz CT molecular complexity index is 1150. The Hall–Kier alpha value is -1.23. The topological polar surface area (TPSA) is 216 Å². The van der Waals surface area contributed by atoms with Crippen molar-refractivity contribution < 1.29 is 64.6 Å². The van der Waals surface area contributed by atoms with Gasteiger partial charge in [0.25, 0.3) is 0 Å². The van der Waals surface area contributed by atoms with Crippen LogP contribution in [0.3, 0.4) is 0 Å². The lowest BCUT2D eigenvalue weighted by atomic mass is 9.41. The average Bonchev–Trinajstić information content (AvgIpc) is 3.19. The van der Waals surface area contributed by atoms with Crippen LogP contribution in [0.2, 0.25) is 0 Å². The van der Waals surface area contributed by atoms with E-state index in [1.54, 1.807) is 0 Å². The highest BCUT2D eigenvalue weighted by Crippen LogP contribution is 2.73. The Labute approximate surface area is 262 Å². The third kappa shape index (κ3) is 5.04. The van der Waals surface area contributed by atoms with E-state index in [9.17, 15) is 45.6 Å². The summed E-state index contributed by atoms with van der Waals surface area (Å²) in [6.07, 6.45) is -8.44. The van der Waals surface area contributed by atoms with E-state index in [0.29, 0.717) is 25.7 Å². The van der Waals surface area contributed by atoms with Crippen LogP contribution < -0.4 is 0 Å². The molecule has 45 heavy (non-hydrogen) atoms. The second-order valence-electron chi connectivity index (χ2n) is 15.2. The van der Waals surface area contributed by atoms with Gasteiger partial charge in [-0.3, -0.25) is 4.79 Å². The minimum atomic E-state index is -1.76. The molecule has 2 bridgehead atoms. The smallest absolute Gasteiger partial charge is 0.309 e. The van der Waals surface area contributed by atoms with E-state index in [0.717, 1.165) is 37.7 Å². The molecule has 2 aliphatic heterocycles. The molecule has 2 heterocycles. The van der Waals surface area contributed by atoms with Crippen molar-refractivity contribution in [2.45, 2.75) is 139 Å². The second kappa shape index (κ2) is 11.7. The van der Waals surface area contributed by atoms with Gasteiger partial charge in [-0.15, -0.1) is 0 Å². The molecular formula is C32H50O13. The summed E-state index contributed by atoms with van der Waals surface area (Å²) < 4.78 is 24.1. The molecule has 6 fully saturated rings. The van der Waals surface area contributed by atoms with Crippen LogP contribution in [-0.2, 0) is 23.7 Å². The van der Waals surface area contributed by atoms with E-state index in [1.807, 2.05) is 6.92 Å². The molecule has 4 aliphatic carbocycles. The number of fused-ring (bicyclic) bond motifs is 3. The SMILES string of the molecule is C=C1C[C@]23CCC4[C@@](C)(CCC[C@@]4(C)C(=O)O)C2CC[C@@]1(OC1OC(CO)C(O)C(O)C1OC1OC(CO)C(O)C(O)C1O)C3. The fourth-order valence-corrected chi connectivity index (χ4v) is 10.6. The second-order valence-corrected chi connectivity index (χ2v) is 15.2. The van der Waals surface area contributed by atoms with Crippen LogP contribution in [0.4, 0.5) is 0 Å². The Balaban J connectivity index is 1.26. The Morgan fingerprint density at radius 2 is 1.47 bits per heavy atom. The van der Waals surface area contributed by atoms with Crippen molar-refractivity contribution in [2.24, 2.45) is 28.1 Å². The summed E-state index contributed by atoms with van der Waals surface area (Å²) in [4.78, 5) is 12.5. The highest BCUT2D eigenvalue weighted by molar-refractivity contribution is 5.75. The normalized spacial score (nSPS) is 54.7. The maximum absolute atomic E-state index is 12.5. The fraction of sp³-hybridized carbons (Fsp3) is 0.906. The number of carboxylic acids is 1. The van der Waals surface area contributed by atoms with Crippen LogP contribution in [0.15, 0.2) is 12.2 Å². The summed E-state index contributed by atoms with van der Waals surface area (Å²) in [6.45, 7) is 7.33. The van der Waals surface area contributed by atoms with Gasteiger partial charge in [-0.25, -0.2) is 0 Å². The molecule has 0 aromatic rings. The Kier molecular flexibility index (Phi) is 8.77. The van der Waals surface area contributed by atoms with Crippen LogP contribution in [0, 0.1) is 28.1 Å². The van der Waals surface area contributed by atoms with Gasteiger partial charge in [0.05, 0.1) is 24.2 Å². The van der Waals surface area contributed by atoms with Crippen molar-refractivity contribution in [3.8, 4) is 0 Å². The lowest BCUT2D eigenvalue weighted by Gasteiger charge is -2.64. The predicted octanol–water partition coefficient (Wildman–Crippen LogP) is -0.197.